The molecule has 0 aromatic heterocycles. The lowest BCUT2D eigenvalue weighted by Gasteiger charge is -2.17. The van der Waals surface area contributed by atoms with Gasteiger partial charge < -0.3 is 5.11 Å². The molecular formula is C9H11N3O. The van der Waals surface area contributed by atoms with E-state index in [9.17, 15) is 5.11 Å². The summed E-state index contributed by atoms with van der Waals surface area (Å²) in [6, 6.07) is 2.26. The van der Waals surface area contributed by atoms with Crippen LogP contribution in [0.2, 0.25) is 0 Å². The standard InChI is InChI=1S/C9H11N3O/c1-2-9(13,8-3-4-8)5-11-7-12-6-10/h1,6,8,10,13H,3-5H2. The second-order valence-electron chi connectivity index (χ2n) is 3.02. The van der Waals surface area contributed by atoms with Crippen LogP contribution >= 0.6 is 0 Å². The molecular weight excluding hydrogens is 166 g/mol. The summed E-state index contributed by atoms with van der Waals surface area (Å²) in [7, 11) is 0. The topological polar surface area (TPSA) is 68.8 Å². The van der Waals surface area contributed by atoms with Crippen LogP contribution < -0.4 is 0 Å². The van der Waals surface area contributed by atoms with E-state index < -0.39 is 5.60 Å². The molecule has 0 amide bonds. The fourth-order valence-corrected chi connectivity index (χ4v) is 1.08. The summed E-state index contributed by atoms with van der Waals surface area (Å²) in [4.78, 5) is 7.04. The monoisotopic (exact) mass is 177 g/mol. The van der Waals surface area contributed by atoms with Gasteiger partial charge in [0.15, 0.2) is 0 Å². The third-order valence-electron chi connectivity index (χ3n) is 2.02. The SMILES string of the molecule is C#CC(O)(CN=C=NC=N)C1CC1. The molecule has 1 aliphatic carbocycles. The van der Waals surface area contributed by atoms with Gasteiger partial charge >= 0.3 is 0 Å². The van der Waals surface area contributed by atoms with Crippen molar-refractivity contribution in [1.29, 1.82) is 5.41 Å². The number of aliphatic hydroxyl groups is 1. The Morgan fingerprint density at radius 3 is 2.85 bits per heavy atom. The molecule has 68 valence electrons. The number of hydrogen-bond donors (Lipinski definition) is 2. The molecule has 1 aliphatic rings. The minimum absolute atomic E-state index is 0.117. The van der Waals surface area contributed by atoms with E-state index in [2.05, 4.69) is 21.9 Å². The summed E-state index contributed by atoms with van der Waals surface area (Å²) < 4.78 is 0. The lowest BCUT2D eigenvalue weighted by atomic mass is 10.00. The van der Waals surface area contributed by atoms with Crippen molar-refractivity contribution in [2.45, 2.75) is 18.4 Å². The van der Waals surface area contributed by atoms with Crippen molar-refractivity contribution < 1.29 is 5.11 Å². The summed E-state index contributed by atoms with van der Waals surface area (Å²) in [6.07, 6.45) is 7.94. The summed E-state index contributed by atoms with van der Waals surface area (Å²) >= 11 is 0. The lowest BCUT2D eigenvalue weighted by molar-refractivity contribution is 0.0876. The van der Waals surface area contributed by atoms with E-state index in [1.165, 1.54) is 0 Å². The summed E-state index contributed by atoms with van der Waals surface area (Å²) in [6.45, 7) is 0.117. The van der Waals surface area contributed by atoms with Crippen molar-refractivity contribution in [3.05, 3.63) is 0 Å². The van der Waals surface area contributed by atoms with E-state index in [1.807, 2.05) is 0 Å². The molecule has 0 radical (unpaired) electrons. The van der Waals surface area contributed by atoms with Gasteiger partial charge in [-0.05, 0) is 12.8 Å². The number of terminal acetylenes is 1. The van der Waals surface area contributed by atoms with Crippen molar-refractivity contribution in [2.75, 3.05) is 6.54 Å². The summed E-state index contributed by atoms with van der Waals surface area (Å²) in [5.41, 5.74) is -1.13. The first kappa shape index (κ1) is 9.66. The zero-order valence-corrected chi connectivity index (χ0v) is 7.20. The van der Waals surface area contributed by atoms with Crippen LogP contribution in [0, 0.1) is 23.7 Å². The van der Waals surface area contributed by atoms with E-state index in [-0.39, 0.29) is 12.5 Å². The van der Waals surface area contributed by atoms with Crippen molar-refractivity contribution in [2.24, 2.45) is 15.9 Å². The molecule has 0 aliphatic heterocycles. The summed E-state index contributed by atoms with van der Waals surface area (Å²) in [5, 5.41) is 16.4. The number of nitrogens with one attached hydrogen (secondary N) is 1. The molecule has 13 heavy (non-hydrogen) atoms. The quantitative estimate of drug-likeness (QED) is 0.367. The third-order valence-corrected chi connectivity index (χ3v) is 2.02. The van der Waals surface area contributed by atoms with Gasteiger partial charge in [0.25, 0.3) is 0 Å². The average Bonchev–Trinajstić information content (AvgIpc) is 2.95. The predicted molar refractivity (Wildman–Crippen MR) is 50.0 cm³/mol. The zero-order valence-electron chi connectivity index (χ0n) is 7.20. The van der Waals surface area contributed by atoms with Gasteiger partial charge in [-0.1, -0.05) is 5.92 Å². The molecule has 0 bridgehead atoms. The van der Waals surface area contributed by atoms with Crippen molar-refractivity contribution in [1.82, 2.24) is 0 Å². The largest absolute Gasteiger partial charge is 0.375 e. The molecule has 0 aromatic carbocycles. The average molecular weight is 177 g/mol. The molecule has 0 spiro atoms. The van der Waals surface area contributed by atoms with Crippen molar-refractivity contribution >= 4 is 12.3 Å². The Kier molecular flexibility index (Phi) is 2.97. The fourth-order valence-electron chi connectivity index (χ4n) is 1.08. The molecule has 1 fully saturated rings. The van der Waals surface area contributed by atoms with Crippen molar-refractivity contribution in [3.63, 3.8) is 0 Å². The van der Waals surface area contributed by atoms with Crippen molar-refractivity contribution in [3.8, 4) is 12.3 Å². The van der Waals surface area contributed by atoms with Crippen LogP contribution in [-0.4, -0.2) is 29.6 Å². The Labute approximate surface area is 76.9 Å². The normalized spacial score (nSPS) is 19.1. The van der Waals surface area contributed by atoms with E-state index in [1.54, 1.807) is 0 Å². The van der Waals surface area contributed by atoms with Gasteiger partial charge in [0.2, 0.25) is 0 Å². The molecule has 0 aromatic rings. The van der Waals surface area contributed by atoms with E-state index in [4.69, 9.17) is 11.8 Å². The zero-order chi connectivity index (χ0) is 9.73. The molecule has 2 N–H and O–H groups in total. The highest BCUT2D eigenvalue weighted by Crippen LogP contribution is 2.39. The third kappa shape index (κ3) is 2.51. The van der Waals surface area contributed by atoms with Gasteiger partial charge in [-0.3, -0.25) is 5.41 Å². The van der Waals surface area contributed by atoms with Gasteiger partial charge in [-0.2, -0.15) is 4.99 Å². The molecule has 0 heterocycles. The van der Waals surface area contributed by atoms with Crippen LogP contribution in [0.1, 0.15) is 12.8 Å². The summed E-state index contributed by atoms with van der Waals surface area (Å²) in [5.74, 6) is 2.51. The van der Waals surface area contributed by atoms with Crippen LogP contribution in [0.3, 0.4) is 0 Å². The van der Waals surface area contributed by atoms with Crippen LogP contribution in [0.25, 0.3) is 0 Å². The molecule has 4 heteroatoms. The van der Waals surface area contributed by atoms with Gasteiger partial charge in [0.05, 0.1) is 12.6 Å². The van der Waals surface area contributed by atoms with E-state index in [0.29, 0.717) is 0 Å². The Bertz CT molecular complexity index is 294. The molecule has 4 nitrogen and oxygen atoms in total. The number of nitrogens with zero attached hydrogens (tertiary/aromatic N) is 2. The Morgan fingerprint density at radius 1 is 1.69 bits per heavy atom. The first-order chi connectivity index (χ1) is 6.23. The molecule has 1 rings (SSSR count). The van der Waals surface area contributed by atoms with Crippen LogP contribution in [0.15, 0.2) is 9.98 Å². The van der Waals surface area contributed by atoms with Crippen LogP contribution in [-0.2, 0) is 0 Å². The minimum atomic E-state index is -1.13. The highest BCUT2D eigenvalue weighted by molar-refractivity contribution is 5.63. The first-order valence-corrected chi connectivity index (χ1v) is 4.03. The Morgan fingerprint density at radius 2 is 2.38 bits per heavy atom. The molecule has 1 atom stereocenters. The smallest absolute Gasteiger partial charge is 0.148 e. The predicted octanol–water partition coefficient (Wildman–Crippen LogP) is 0.542. The fraction of sp³-hybridized carbons (Fsp3) is 0.556. The van der Waals surface area contributed by atoms with Gasteiger partial charge in [-0.15, -0.1) is 6.42 Å². The van der Waals surface area contributed by atoms with Gasteiger partial charge in [-0.25, -0.2) is 4.99 Å². The van der Waals surface area contributed by atoms with Crippen LogP contribution in [0.4, 0.5) is 0 Å². The lowest BCUT2D eigenvalue weighted by Crippen LogP contribution is -2.32. The van der Waals surface area contributed by atoms with E-state index >= 15 is 0 Å². The molecule has 0 saturated heterocycles. The highest BCUT2D eigenvalue weighted by atomic mass is 16.3. The minimum Gasteiger partial charge on any atom is -0.375 e. The first-order valence-electron chi connectivity index (χ1n) is 4.03. The molecule has 1 unspecified atom stereocenters. The Hall–Kier alpha value is -1.43. The number of aliphatic imine (C=N–C) groups is 2. The highest BCUT2D eigenvalue weighted by Gasteiger charge is 2.42. The Balaban J connectivity index is 2.54. The second-order valence-corrected chi connectivity index (χ2v) is 3.02. The maximum Gasteiger partial charge on any atom is 0.148 e. The van der Waals surface area contributed by atoms with E-state index in [0.717, 1.165) is 19.2 Å². The molecule has 1 saturated carbocycles. The maximum atomic E-state index is 9.79. The number of hydrogen-bond acceptors (Lipinski definition) is 3. The second kappa shape index (κ2) is 3.99. The maximum absolute atomic E-state index is 9.79. The van der Waals surface area contributed by atoms with Gasteiger partial charge in [0.1, 0.15) is 11.9 Å². The van der Waals surface area contributed by atoms with Gasteiger partial charge in [0, 0.05) is 5.92 Å². The number of rotatable bonds is 4. The van der Waals surface area contributed by atoms with Crippen LogP contribution in [0.5, 0.6) is 0 Å².